The molecular weight excluding hydrogens is 490 g/mol. The lowest BCUT2D eigenvalue weighted by Gasteiger charge is -2.24. The fraction of sp³-hybridized carbons (Fsp3) is 0.286. The summed E-state index contributed by atoms with van der Waals surface area (Å²) in [6, 6.07) is 18.7. The molecule has 3 aromatic carbocycles. The maximum Gasteiger partial charge on any atom is 0.264 e. The van der Waals surface area contributed by atoms with E-state index in [4.69, 9.17) is 9.47 Å². The van der Waals surface area contributed by atoms with E-state index in [9.17, 15) is 13.2 Å². The molecule has 1 N–H and O–H groups in total. The Morgan fingerprint density at radius 2 is 1.70 bits per heavy atom. The number of hydrogen-bond acceptors (Lipinski definition) is 6. The first-order valence-corrected chi connectivity index (χ1v) is 13.6. The van der Waals surface area contributed by atoms with Crippen molar-refractivity contribution in [2.45, 2.75) is 39.0 Å². The molecule has 0 aliphatic carbocycles. The van der Waals surface area contributed by atoms with Crippen LogP contribution in [0.5, 0.6) is 11.5 Å². The third-order valence-corrected chi connectivity index (χ3v) is 7.32. The predicted molar refractivity (Wildman–Crippen MR) is 146 cm³/mol. The maximum atomic E-state index is 13.4. The third kappa shape index (κ3) is 7.33. The van der Waals surface area contributed by atoms with Crippen molar-refractivity contribution in [3.05, 3.63) is 83.4 Å². The van der Waals surface area contributed by atoms with Crippen LogP contribution in [0.3, 0.4) is 0 Å². The highest BCUT2D eigenvalue weighted by molar-refractivity contribution is 7.92. The molecule has 8 nitrogen and oxygen atoms in total. The Morgan fingerprint density at radius 3 is 2.38 bits per heavy atom. The van der Waals surface area contributed by atoms with Crippen molar-refractivity contribution in [3.63, 3.8) is 0 Å². The molecule has 3 rings (SSSR count). The van der Waals surface area contributed by atoms with E-state index >= 15 is 0 Å². The molecule has 0 saturated carbocycles. The molecule has 9 heteroatoms. The highest BCUT2D eigenvalue weighted by Crippen LogP contribution is 2.28. The van der Waals surface area contributed by atoms with Crippen LogP contribution in [-0.4, -0.2) is 40.3 Å². The zero-order chi connectivity index (χ0) is 26.8. The SMILES string of the molecule is CCCOc1ccc(C=NNC(=O)CN(c2ccc(C)c(C)c2)S(=O)(=O)c2ccccc2)cc1OCC. The lowest BCUT2D eigenvalue weighted by molar-refractivity contribution is -0.119. The molecule has 0 bridgehead atoms. The van der Waals surface area contributed by atoms with E-state index in [1.807, 2.05) is 33.8 Å². The molecule has 196 valence electrons. The van der Waals surface area contributed by atoms with Crippen LogP contribution in [0.25, 0.3) is 0 Å². The fourth-order valence-electron chi connectivity index (χ4n) is 3.46. The van der Waals surface area contributed by atoms with Gasteiger partial charge in [-0.2, -0.15) is 5.10 Å². The largest absolute Gasteiger partial charge is 0.490 e. The van der Waals surface area contributed by atoms with Gasteiger partial charge in [-0.25, -0.2) is 13.8 Å². The summed E-state index contributed by atoms with van der Waals surface area (Å²) in [5.41, 5.74) is 5.46. The molecule has 0 aliphatic rings. The van der Waals surface area contributed by atoms with Crippen molar-refractivity contribution in [1.82, 2.24) is 5.43 Å². The monoisotopic (exact) mass is 523 g/mol. The number of nitrogens with zero attached hydrogens (tertiary/aromatic N) is 2. The first-order valence-electron chi connectivity index (χ1n) is 12.1. The number of aryl methyl sites for hydroxylation is 2. The van der Waals surface area contributed by atoms with Gasteiger partial charge in [0.15, 0.2) is 11.5 Å². The van der Waals surface area contributed by atoms with Gasteiger partial charge < -0.3 is 9.47 Å². The Balaban J connectivity index is 1.79. The summed E-state index contributed by atoms with van der Waals surface area (Å²) >= 11 is 0. The van der Waals surface area contributed by atoms with Crippen LogP contribution in [0.15, 0.2) is 76.7 Å². The van der Waals surface area contributed by atoms with Crippen LogP contribution in [0.4, 0.5) is 5.69 Å². The number of hydrogen-bond donors (Lipinski definition) is 1. The van der Waals surface area contributed by atoms with Gasteiger partial charge in [-0.3, -0.25) is 9.10 Å². The number of anilines is 1. The minimum Gasteiger partial charge on any atom is -0.490 e. The summed E-state index contributed by atoms with van der Waals surface area (Å²) in [6.07, 6.45) is 2.34. The van der Waals surface area contributed by atoms with Crippen molar-refractivity contribution in [1.29, 1.82) is 0 Å². The third-order valence-electron chi connectivity index (χ3n) is 5.53. The van der Waals surface area contributed by atoms with Crippen LogP contribution >= 0.6 is 0 Å². The Bertz CT molecular complexity index is 1340. The van der Waals surface area contributed by atoms with Gasteiger partial charge in [-0.05, 0) is 86.3 Å². The summed E-state index contributed by atoms with van der Waals surface area (Å²) in [7, 11) is -3.99. The van der Waals surface area contributed by atoms with Gasteiger partial charge >= 0.3 is 0 Å². The Morgan fingerprint density at radius 1 is 0.946 bits per heavy atom. The highest BCUT2D eigenvalue weighted by Gasteiger charge is 2.27. The molecule has 37 heavy (non-hydrogen) atoms. The van der Waals surface area contributed by atoms with Gasteiger partial charge in [0, 0.05) is 0 Å². The number of carbonyl (C=O) groups excluding carboxylic acids is 1. The van der Waals surface area contributed by atoms with E-state index in [1.54, 1.807) is 48.5 Å². The second-order valence-electron chi connectivity index (χ2n) is 8.37. The number of amides is 1. The Hall–Kier alpha value is -3.85. The zero-order valence-electron chi connectivity index (χ0n) is 21.6. The van der Waals surface area contributed by atoms with E-state index in [0.29, 0.717) is 36.0 Å². The lowest BCUT2D eigenvalue weighted by Crippen LogP contribution is -2.39. The highest BCUT2D eigenvalue weighted by atomic mass is 32.2. The number of nitrogens with one attached hydrogen (secondary N) is 1. The topological polar surface area (TPSA) is 97.3 Å². The molecule has 0 unspecified atom stereocenters. The maximum absolute atomic E-state index is 13.4. The van der Waals surface area contributed by atoms with E-state index in [0.717, 1.165) is 21.9 Å². The van der Waals surface area contributed by atoms with Gasteiger partial charge in [0.05, 0.1) is 30.0 Å². The molecule has 0 atom stereocenters. The molecule has 0 heterocycles. The van der Waals surface area contributed by atoms with Crippen molar-refractivity contribution in [2.24, 2.45) is 5.10 Å². The molecule has 3 aromatic rings. The molecule has 1 amide bonds. The summed E-state index contributed by atoms with van der Waals surface area (Å²) in [6.45, 7) is 8.36. The van der Waals surface area contributed by atoms with Crippen molar-refractivity contribution >= 4 is 27.8 Å². The van der Waals surface area contributed by atoms with Gasteiger partial charge in [-0.15, -0.1) is 0 Å². The molecule has 0 aromatic heterocycles. The normalized spacial score (nSPS) is 11.4. The molecule has 0 spiro atoms. The van der Waals surface area contributed by atoms with E-state index in [-0.39, 0.29) is 4.90 Å². The second kappa shape index (κ2) is 12.9. The van der Waals surface area contributed by atoms with Crippen LogP contribution in [0.1, 0.15) is 37.0 Å². The summed E-state index contributed by atoms with van der Waals surface area (Å²) in [4.78, 5) is 12.9. The number of hydrazone groups is 1. The fourth-order valence-corrected chi connectivity index (χ4v) is 4.90. The number of benzene rings is 3. The van der Waals surface area contributed by atoms with Crippen LogP contribution < -0.4 is 19.2 Å². The van der Waals surface area contributed by atoms with Gasteiger partial charge in [0.25, 0.3) is 15.9 Å². The smallest absolute Gasteiger partial charge is 0.264 e. The van der Waals surface area contributed by atoms with Gasteiger partial charge in [0.1, 0.15) is 6.54 Å². The summed E-state index contributed by atoms with van der Waals surface area (Å²) in [5, 5.41) is 4.03. The van der Waals surface area contributed by atoms with E-state index < -0.39 is 22.5 Å². The quantitative estimate of drug-likeness (QED) is 0.271. The first-order chi connectivity index (χ1) is 17.8. The van der Waals surface area contributed by atoms with Crippen molar-refractivity contribution < 1.29 is 22.7 Å². The van der Waals surface area contributed by atoms with Gasteiger partial charge in [0.2, 0.25) is 0 Å². The van der Waals surface area contributed by atoms with Crippen molar-refractivity contribution in [2.75, 3.05) is 24.1 Å². The molecule has 0 aliphatic heterocycles. The number of rotatable bonds is 12. The molecule has 0 saturated heterocycles. The van der Waals surface area contributed by atoms with Crippen LogP contribution in [0, 0.1) is 13.8 Å². The van der Waals surface area contributed by atoms with Crippen LogP contribution in [-0.2, 0) is 14.8 Å². The van der Waals surface area contributed by atoms with Gasteiger partial charge in [-0.1, -0.05) is 31.2 Å². The first kappa shape index (κ1) is 27.7. The standard InChI is InChI=1S/C28H33N3O5S/c1-5-16-36-26-15-13-23(18-27(26)35-6-2)19-29-30-28(32)20-31(24-14-12-21(3)22(4)17-24)37(33,34)25-10-8-7-9-11-25/h7-15,17-19H,5-6,16,20H2,1-4H3,(H,30,32). The molecule has 0 fully saturated rings. The minimum atomic E-state index is -3.99. The lowest BCUT2D eigenvalue weighted by atomic mass is 10.1. The Kier molecular flexibility index (Phi) is 9.68. The number of ether oxygens (including phenoxy) is 2. The zero-order valence-corrected chi connectivity index (χ0v) is 22.4. The average Bonchev–Trinajstić information content (AvgIpc) is 2.89. The summed E-state index contributed by atoms with van der Waals surface area (Å²) < 4.78 is 39.3. The summed E-state index contributed by atoms with van der Waals surface area (Å²) in [5.74, 6) is 0.642. The number of carbonyl (C=O) groups is 1. The van der Waals surface area contributed by atoms with E-state index in [1.165, 1.54) is 18.3 Å². The number of sulfonamides is 1. The average molecular weight is 524 g/mol. The van der Waals surface area contributed by atoms with Crippen LogP contribution in [0.2, 0.25) is 0 Å². The van der Waals surface area contributed by atoms with E-state index in [2.05, 4.69) is 10.5 Å². The minimum absolute atomic E-state index is 0.0957. The Labute approximate surface area is 219 Å². The second-order valence-corrected chi connectivity index (χ2v) is 10.2. The molecular formula is C28H33N3O5S. The van der Waals surface area contributed by atoms with Crippen molar-refractivity contribution in [3.8, 4) is 11.5 Å². The predicted octanol–water partition coefficient (Wildman–Crippen LogP) is 4.84. The molecule has 0 radical (unpaired) electrons.